The van der Waals surface area contributed by atoms with Crippen LogP contribution in [0.5, 0.6) is 0 Å². The molecule has 0 unspecified atom stereocenters. The summed E-state index contributed by atoms with van der Waals surface area (Å²) in [7, 11) is 0.891. The zero-order chi connectivity index (χ0) is 28.8. The third kappa shape index (κ3) is 6.29. The Kier molecular flexibility index (Phi) is 8.46. The number of rotatable bonds is 6. The smallest absolute Gasteiger partial charge is 0.416 e. The molecule has 0 N–H and O–H groups in total. The molecule has 0 aliphatic carbocycles. The van der Waals surface area contributed by atoms with E-state index in [0.717, 1.165) is 0 Å². The summed E-state index contributed by atoms with van der Waals surface area (Å²) in [6.07, 6.45) is -3.05. The maximum atomic E-state index is 13.3. The molecule has 13 heteroatoms. The third-order valence-electron chi connectivity index (χ3n) is 7.02. The van der Waals surface area contributed by atoms with Crippen LogP contribution in [-0.4, -0.2) is 98.6 Å². The van der Waals surface area contributed by atoms with Crippen LogP contribution in [0.4, 0.5) is 4.79 Å². The summed E-state index contributed by atoms with van der Waals surface area (Å²) < 4.78 is 62.7. The second-order valence-corrected chi connectivity index (χ2v) is 14.3. The Bertz CT molecular complexity index is 1190. The van der Waals surface area contributed by atoms with Gasteiger partial charge in [0.25, 0.3) is 0 Å². The van der Waals surface area contributed by atoms with Crippen LogP contribution in [-0.2, 0) is 44.0 Å². The number of hydrogen-bond acceptors (Lipinski definition) is 11. The maximum Gasteiger partial charge on any atom is 0.416 e. The fourth-order valence-electron chi connectivity index (χ4n) is 4.71. The minimum Gasteiger partial charge on any atom is -0.443 e. The highest BCUT2D eigenvalue weighted by molar-refractivity contribution is 8.14. The number of amidine groups is 1. The molecule has 4 rings (SSSR count). The lowest BCUT2D eigenvalue weighted by molar-refractivity contribution is -0.462. The molecule has 218 valence electrons. The van der Waals surface area contributed by atoms with Crippen molar-refractivity contribution in [2.75, 3.05) is 27.0 Å². The van der Waals surface area contributed by atoms with E-state index in [-0.39, 0.29) is 11.5 Å². The average Bonchev–Trinajstić information content (AvgIpc) is 3.27. The summed E-state index contributed by atoms with van der Waals surface area (Å²) in [5, 5.41) is 0.369. The first-order chi connectivity index (χ1) is 18.1. The molecule has 1 aromatic carbocycles. The fraction of sp³-hybridized carbons (Fsp3) is 0.692. The van der Waals surface area contributed by atoms with Crippen molar-refractivity contribution in [2.24, 2.45) is 4.99 Å². The van der Waals surface area contributed by atoms with Gasteiger partial charge in [0.05, 0.1) is 11.5 Å². The molecule has 0 radical (unpaired) electrons. The molecule has 1 amide bonds. The lowest BCUT2D eigenvalue weighted by Crippen LogP contribution is -2.72. The van der Waals surface area contributed by atoms with E-state index in [2.05, 4.69) is 0 Å². The van der Waals surface area contributed by atoms with Gasteiger partial charge >= 0.3 is 6.09 Å². The molecule has 3 aliphatic heterocycles. The van der Waals surface area contributed by atoms with Crippen LogP contribution in [0.2, 0.25) is 0 Å². The molecule has 11 nitrogen and oxygen atoms in total. The molecular formula is C26H38N2O9S2. The third-order valence-corrected chi connectivity index (χ3v) is 9.85. The highest BCUT2D eigenvalue weighted by atomic mass is 32.2. The zero-order valence-electron chi connectivity index (χ0n) is 23.6. The first kappa shape index (κ1) is 30.2. The van der Waals surface area contributed by atoms with Crippen molar-refractivity contribution in [2.45, 2.75) is 87.3 Å². The van der Waals surface area contributed by atoms with Crippen molar-refractivity contribution in [1.29, 1.82) is 0 Å². The number of hydrogen-bond donors (Lipinski definition) is 0. The number of sulfone groups is 1. The van der Waals surface area contributed by atoms with Gasteiger partial charge in [-0.25, -0.2) is 13.2 Å². The van der Waals surface area contributed by atoms with Crippen molar-refractivity contribution in [3.63, 3.8) is 0 Å². The minimum atomic E-state index is -3.62. The molecule has 0 aromatic heterocycles. The summed E-state index contributed by atoms with van der Waals surface area (Å²) in [6.45, 7) is 8.70. The van der Waals surface area contributed by atoms with Crippen LogP contribution in [0.25, 0.3) is 0 Å². The monoisotopic (exact) mass is 586 g/mol. The van der Waals surface area contributed by atoms with Crippen molar-refractivity contribution in [3.8, 4) is 0 Å². The molecule has 39 heavy (non-hydrogen) atoms. The Morgan fingerprint density at radius 2 is 1.67 bits per heavy atom. The van der Waals surface area contributed by atoms with E-state index < -0.39 is 62.9 Å². The number of thioether (sulfide) groups is 1. The van der Waals surface area contributed by atoms with Crippen LogP contribution in [0.3, 0.4) is 0 Å². The quantitative estimate of drug-likeness (QED) is 0.491. The molecule has 0 bridgehead atoms. The highest BCUT2D eigenvalue weighted by Crippen LogP contribution is 2.48. The van der Waals surface area contributed by atoms with Gasteiger partial charge in [0.1, 0.15) is 35.4 Å². The predicted molar refractivity (Wildman–Crippen MR) is 146 cm³/mol. The van der Waals surface area contributed by atoms with Gasteiger partial charge in [-0.2, -0.15) is 0 Å². The molecule has 0 spiro atoms. The Hall–Kier alpha value is -1.74. The summed E-state index contributed by atoms with van der Waals surface area (Å²) in [4.78, 5) is 18.8. The standard InChI is InChI=1S/C26H38N2O9S2/c1-24(2,3)37-23(29)28(6)22-27-18-20-19(35-25(4,32-7)26(5,33-8)36-20)17(34-21(18)38-22)15-39(30,31)14-16-12-10-9-11-13-16/h9-13,17-21H,14-15H2,1-8H3/t17-,18-,19-,20-,21-,25+,26+/m1/s1. The average molecular weight is 587 g/mol. The second-order valence-electron chi connectivity index (χ2n) is 11.1. The number of benzene rings is 1. The number of aliphatic imine (C=N–C) groups is 1. The summed E-state index contributed by atoms with van der Waals surface area (Å²) in [5.41, 5.74) is -0.635. The maximum absolute atomic E-state index is 13.3. The Morgan fingerprint density at radius 1 is 1.08 bits per heavy atom. The molecule has 2 fully saturated rings. The van der Waals surface area contributed by atoms with Crippen LogP contribution < -0.4 is 0 Å². The van der Waals surface area contributed by atoms with Gasteiger partial charge in [-0.3, -0.25) is 9.89 Å². The number of fused-ring (bicyclic) bond motifs is 3. The van der Waals surface area contributed by atoms with Gasteiger partial charge in [-0.05, 0) is 40.2 Å². The number of carbonyl (C=O) groups is 1. The SMILES string of the molecule is CO[C@@]1(C)O[C@@H]2[C@H]3N=C(N(C)C(=O)OC(C)(C)C)S[C@H]3O[C@H](CS(=O)(=O)Cc3ccccc3)[C@H]2O[C@]1(C)OC. The van der Waals surface area contributed by atoms with Crippen LogP contribution >= 0.6 is 11.8 Å². The molecule has 0 saturated carbocycles. The van der Waals surface area contributed by atoms with Gasteiger partial charge in [-0.1, -0.05) is 42.1 Å². The van der Waals surface area contributed by atoms with Crippen molar-refractivity contribution < 1.29 is 41.6 Å². The lowest BCUT2D eigenvalue weighted by atomic mass is 9.94. The van der Waals surface area contributed by atoms with E-state index in [0.29, 0.717) is 10.7 Å². The van der Waals surface area contributed by atoms with Gasteiger partial charge in [0.15, 0.2) is 15.0 Å². The normalized spacial score (nSPS) is 34.6. The molecule has 2 saturated heterocycles. The molecule has 3 heterocycles. The van der Waals surface area contributed by atoms with Gasteiger partial charge in [0.2, 0.25) is 11.6 Å². The van der Waals surface area contributed by atoms with Crippen LogP contribution in [0.15, 0.2) is 35.3 Å². The Morgan fingerprint density at radius 3 is 2.23 bits per heavy atom. The van der Waals surface area contributed by atoms with Crippen molar-refractivity contribution in [1.82, 2.24) is 4.90 Å². The number of ether oxygens (including phenoxy) is 6. The lowest BCUT2D eigenvalue weighted by Gasteiger charge is -2.56. The number of methoxy groups -OCH3 is 2. The largest absolute Gasteiger partial charge is 0.443 e. The minimum absolute atomic E-state index is 0.145. The van der Waals surface area contributed by atoms with Gasteiger partial charge in [-0.15, -0.1) is 0 Å². The summed E-state index contributed by atoms with van der Waals surface area (Å²) in [6, 6.07) is 8.36. The summed E-state index contributed by atoms with van der Waals surface area (Å²) in [5.74, 6) is -3.16. The van der Waals surface area contributed by atoms with E-state index in [9.17, 15) is 13.2 Å². The zero-order valence-corrected chi connectivity index (χ0v) is 25.2. The van der Waals surface area contributed by atoms with E-state index >= 15 is 0 Å². The number of nitrogens with zero attached hydrogens (tertiary/aromatic N) is 2. The van der Waals surface area contributed by atoms with Gasteiger partial charge in [0, 0.05) is 21.3 Å². The Labute approximate surface area is 234 Å². The van der Waals surface area contributed by atoms with Crippen LogP contribution in [0, 0.1) is 0 Å². The first-order valence-electron chi connectivity index (χ1n) is 12.7. The first-order valence-corrected chi connectivity index (χ1v) is 15.4. The fourth-order valence-corrected chi connectivity index (χ4v) is 7.47. The van der Waals surface area contributed by atoms with E-state index in [1.165, 1.54) is 30.9 Å². The Balaban J connectivity index is 1.64. The molecular weight excluding hydrogens is 548 g/mol. The van der Waals surface area contributed by atoms with Crippen molar-refractivity contribution >= 4 is 32.9 Å². The summed E-state index contributed by atoms with van der Waals surface area (Å²) >= 11 is 1.21. The van der Waals surface area contributed by atoms with E-state index in [4.69, 9.17) is 33.4 Å². The number of amides is 1. The second kappa shape index (κ2) is 10.9. The number of carbonyl (C=O) groups excluding carboxylic acids is 1. The van der Waals surface area contributed by atoms with Crippen LogP contribution in [0.1, 0.15) is 40.2 Å². The molecule has 1 aromatic rings. The van der Waals surface area contributed by atoms with E-state index in [1.54, 1.807) is 65.9 Å². The predicted octanol–water partition coefficient (Wildman–Crippen LogP) is 3.17. The molecule has 7 atom stereocenters. The highest BCUT2D eigenvalue weighted by Gasteiger charge is 2.64. The topological polar surface area (TPSA) is 122 Å². The van der Waals surface area contributed by atoms with Crippen molar-refractivity contribution in [3.05, 3.63) is 35.9 Å². The van der Waals surface area contributed by atoms with E-state index in [1.807, 2.05) is 6.07 Å². The molecule has 3 aliphatic rings. The van der Waals surface area contributed by atoms with Gasteiger partial charge < -0.3 is 28.4 Å².